The van der Waals surface area contributed by atoms with Gasteiger partial charge in [-0.25, -0.2) is 0 Å². The van der Waals surface area contributed by atoms with Crippen LogP contribution in [0, 0.1) is 26.1 Å². The Morgan fingerprint density at radius 3 is 1.88 bits per heavy atom. The van der Waals surface area contributed by atoms with Gasteiger partial charge in [-0.1, -0.05) is 13.0 Å². The molecule has 0 unspecified atom stereocenters. The molecule has 2 aromatic carbocycles. The molecule has 8 nitrogen and oxygen atoms in total. The molecular weight excluding hydrogens is 340 g/mol. The Bertz CT molecular complexity index is 843. The van der Waals surface area contributed by atoms with Crippen molar-refractivity contribution in [3.05, 3.63) is 86.0 Å². The van der Waals surface area contributed by atoms with E-state index < -0.39 is 21.9 Å². The lowest BCUT2D eigenvalue weighted by atomic mass is 9.93. The highest BCUT2D eigenvalue weighted by Crippen LogP contribution is 2.25. The molecule has 0 bridgehead atoms. The van der Waals surface area contributed by atoms with Crippen LogP contribution in [0.5, 0.6) is 0 Å². The van der Waals surface area contributed by atoms with E-state index in [-0.39, 0.29) is 17.2 Å². The van der Waals surface area contributed by atoms with Crippen LogP contribution in [0.3, 0.4) is 0 Å². The highest BCUT2D eigenvalue weighted by molar-refractivity contribution is 5.95. The number of hydrogen-bond donors (Lipinski definition) is 1. The lowest BCUT2D eigenvalue weighted by Crippen LogP contribution is -2.17. The van der Waals surface area contributed by atoms with Crippen LogP contribution in [-0.4, -0.2) is 20.7 Å². The Hall–Kier alpha value is -3.39. The number of nitrogens with zero attached hydrogens (tertiary/aromatic N) is 2. The SMILES string of the molecule is C[C@@H](C(=O)/C=C/c1ccc([N+](=O)[O-])cc1)[C@@H](O)c1ccc([N+](=O)[O-])cc1. The van der Waals surface area contributed by atoms with Gasteiger partial charge in [0.2, 0.25) is 0 Å². The summed E-state index contributed by atoms with van der Waals surface area (Å²) >= 11 is 0. The summed E-state index contributed by atoms with van der Waals surface area (Å²) in [6, 6.07) is 11.0. The van der Waals surface area contributed by atoms with E-state index in [1.165, 1.54) is 60.7 Å². The van der Waals surface area contributed by atoms with Gasteiger partial charge in [-0.15, -0.1) is 0 Å². The van der Waals surface area contributed by atoms with Crippen molar-refractivity contribution in [2.24, 2.45) is 5.92 Å². The van der Waals surface area contributed by atoms with E-state index in [9.17, 15) is 30.1 Å². The number of carbonyl (C=O) groups is 1. The van der Waals surface area contributed by atoms with Crippen molar-refractivity contribution in [2.45, 2.75) is 13.0 Å². The maximum absolute atomic E-state index is 12.2. The molecule has 1 N–H and O–H groups in total. The lowest BCUT2D eigenvalue weighted by Gasteiger charge is -2.16. The van der Waals surface area contributed by atoms with E-state index in [1.54, 1.807) is 6.92 Å². The van der Waals surface area contributed by atoms with Crippen molar-refractivity contribution in [1.82, 2.24) is 0 Å². The van der Waals surface area contributed by atoms with Gasteiger partial charge in [-0.2, -0.15) is 0 Å². The number of non-ortho nitro benzene ring substituents is 2. The van der Waals surface area contributed by atoms with Gasteiger partial charge in [0.05, 0.1) is 16.0 Å². The van der Waals surface area contributed by atoms with Gasteiger partial charge in [-0.05, 0) is 41.5 Å². The van der Waals surface area contributed by atoms with Crippen molar-refractivity contribution in [3.63, 3.8) is 0 Å². The highest BCUT2D eigenvalue weighted by atomic mass is 16.6. The second-order valence-electron chi connectivity index (χ2n) is 5.67. The van der Waals surface area contributed by atoms with Crippen molar-refractivity contribution in [2.75, 3.05) is 0 Å². The molecule has 0 radical (unpaired) electrons. The predicted octanol–water partition coefficient (Wildman–Crippen LogP) is 3.46. The molecule has 0 heterocycles. The smallest absolute Gasteiger partial charge is 0.269 e. The molecule has 0 amide bonds. The molecule has 0 aliphatic carbocycles. The van der Waals surface area contributed by atoms with E-state index in [0.717, 1.165) is 0 Å². The quantitative estimate of drug-likeness (QED) is 0.460. The first-order valence-corrected chi connectivity index (χ1v) is 7.68. The molecular formula is C18H16N2O6. The van der Waals surface area contributed by atoms with Gasteiger partial charge < -0.3 is 5.11 Å². The summed E-state index contributed by atoms with van der Waals surface area (Å²) in [6.07, 6.45) is 1.69. The van der Waals surface area contributed by atoms with Crippen molar-refractivity contribution in [1.29, 1.82) is 0 Å². The number of allylic oxidation sites excluding steroid dienone is 1. The van der Waals surface area contributed by atoms with Crippen LogP contribution in [0.4, 0.5) is 11.4 Å². The van der Waals surface area contributed by atoms with Crippen LogP contribution in [0.1, 0.15) is 24.2 Å². The van der Waals surface area contributed by atoms with E-state index in [4.69, 9.17) is 0 Å². The number of nitro benzene ring substituents is 2. The first-order valence-electron chi connectivity index (χ1n) is 7.68. The van der Waals surface area contributed by atoms with Gasteiger partial charge in [0, 0.05) is 30.2 Å². The maximum Gasteiger partial charge on any atom is 0.269 e. The first-order chi connectivity index (χ1) is 12.3. The normalized spacial score (nSPS) is 13.3. The van der Waals surface area contributed by atoms with Gasteiger partial charge in [0.1, 0.15) is 0 Å². The zero-order valence-corrected chi connectivity index (χ0v) is 13.8. The van der Waals surface area contributed by atoms with Gasteiger partial charge in [-0.3, -0.25) is 25.0 Å². The summed E-state index contributed by atoms with van der Waals surface area (Å²) in [5, 5.41) is 31.5. The number of aliphatic hydroxyl groups excluding tert-OH is 1. The van der Waals surface area contributed by atoms with Crippen LogP contribution in [0.25, 0.3) is 6.08 Å². The highest BCUT2D eigenvalue weighted by Gasteiger charge is 2.22. The Morgan fingerprint density at radius 1 is 0.962 bits per heavy atom. The first kappa shape index (κ1) is 18.9. The van der Waals surface area contributed by atoms with Crippen LogP contribution in [-0.2, 0) is 4.79 Å². The minimum absolute atomic E-state index is 0.0459. The van der Waals surface area contributed by atoms with Gasteiger partial charge in [0.15, 0.2) is 5.78 Å². The summed E-state index contributed by atoms with van der Waals surface area (Å²) < 4.78 is 0. The maximum atomic E-state index is 12.2. The molecule has 0 aliphatic rings. The molecule has 0 aliphatic heterocycles. The Kier molecular flexibility index (Phi) is 5.92. The number of ketones is 1. The summed E-state index contributed by atoms with van der Waals surface area (Å²) in [6.45, 7) is 1.55. The molecule has 134 valence electrons. The van der Waals surface area contributed by atoms with Crippen molar-refractivity contribution < 1.29 is 19.7 Å². The van der Waals surface area contributed by atoms with Crippen LogP contribution in [0.15, 0.2) is 54.6 Å². The molecule has 2 atom stereocenters. The number of nitro groups is 2. The molecule has 2 rings (SSSR count). The molecule has 26 heavy (non-hydrogen) atoms. The molecule has 0 saturated heterocycles. The van der Waals surface area contributed by atoms with E-state index >= 15 is 0 Å². The van der Waals surface area contributed by atoms with Crippen LogP contribution < -0.4 is 0 Å². The fraction of sp³-hybridized carbons (Fsp3) is 0.167. The topological polar surface area (TPSA) is 124 Å². The van der Waals surface area contributed by atoms with Crippen LogP contribution in [0.2, 0.25) is 0 Å². The minimum Gasteiger partial charge on any atom is -0.388 e. The largest absolute Gasteiger partial charge is 0.388 e. The Labute approximate surface area is 148 Å². The van der Waals surface area contributed by atoms with Gasteiger partial charge in [0.25, 0.3) is 11.4 Å². The molecule has 2 aromatic rings. The summed E-state index contributed by atoms with van der Waals surface area (Å²) in [4.78, 5) is 32.4. The number of rotatable bonds is 7. The third-order valence-corrected chi connectivity index (χ3v) is 3.91. The zero-order chi connectivity index (χ0) is 19.3. The van der Waals surface area contributed by atoms with E-state index in [2.05, 4.69) is 0 Å². The molecule has 0 aromatic heterocycles. The average molecular weight is 356 g/mol. The number of hydrogen-bond acceptors (Lipinski definition) is 6. The second kappa shape index (κ2) is 8.13. The van der Waals surface area contributed by atoms with E-state index in [1.807, 2.05) is 0 Å². The fourth-order valence-electron chi connectivity index (χ4n) is 2.27. The molecule has 0 saturated carbocycles. The lowest BCUT2D eigenvalue weighted by molar-refractivity contribution is -0.385. The number of aliphatic hydroxyl groups is 1. The molecule has 0 spiro atoms. The fourth-order valence-corrected chi connectivity index (χ4v) is 2.27. The Morgan fingerprint density at radius 2 is 1.42 bits per heavy atom. The minimum atomic E-state index is -1.11. The Balaban J connectivity index is 2.05. The van der Waals surface area contributed by atoms with Crippen molar-refractivity contribution in [3.8, 4) is 0 Å². The summed E-state index contributed by atoms with van der Waals surface area (Å²) in [7, 11) is 0. The second-order valence-corrected chi connectivity index (χ2v) is 5.67. The molecule has 8 heteroatoms. The summed E-state index contributed by atoms with van der Waals surface area (Å²) in [5.41, 5.74) is 0.870. The zero-order valence-electron chi connectivity index (χ0n) is 13.8. The third-order valence-electron chi connectivity index (χ3n) is 3.91. The third kappa shape index (κ3) is 4.58. The molecule has 0 fully saturated rings. The van der Waals surface area contributed by atoms with E-state index in [0.29, 0.717) is 11.1 Å². The number of carbonyl (C=O) groups excluding carboxylic acids is 1. The monoisotopic (exact) mass is 356 g/mol. The van der Waals surface area contributed by atoms with Crippen molar-refractivity contribution >= 4 is 23.2 Å². The van der Waals surface area contributed by atoms with Gasteiger partial charge >= 0.3 is 0 Å². The van der Waals surface area contributed by atoms with Crippen LogP contribution >= 0.6 is 0 Å². The predicted molar refractivity (Wildman–Crippen MR) is 94.4 cm³/mol. The standard InChI is InChI=1S/C18H16N2O6/c1-12(18(22)14-5-9-16(10-6-14)20(25)26)17(21)11-4-13-2-7-15(8-3-13)19(23)24/h2-12,18,22H,1H3/b11-4+/t12-,18+/m0/s1. The number of benzene rings is 2. The summed E-state index contributed by atoms with van der Waals surface area (Å²) in [5.74, 6) is -1.10. The average Bonchev–Trinajstić information content (AvgIpc) is 2.65.